The smallest absolute Gasteiger partial charge is 0.495 e. The van der Waals surface area contributed by atoms with Gasteiger partial charge >= 0.3 is 13.1 Å². The number of nitrogens with two attached hydrogens (primary N) is 1. The van der Waals surface area contributed by atoms with Crippen molar-refractivity contribution in [3.63, 3.8) is 0 Å². The van der Waals surface area contributed by atoms with E-state index in [9.17, 15) is 4.79 Å². The van der Waals surface area contributed by atoms with Crippen LogP contribution in [-0.4, -0.2) is 44.8 Å². The lowest BCUT2D eigenvalue weighted by atomic mass is 9.75. The highest BCUT2D eigenvalue weighted by atomic mass is 16.7. The molecule has 136 valence electrons. The molecular weight excluding hydrogens is 325 g/mol. The van der Waals surface area contributed by atoms with Crippen LogP contribution < -0.4 is 26.1 Å². The highest BCUT2D eigenvalue weighted by Gasteiger charge is 2.52. The topological polar surface area (TPSA) is 104 Å². The predicted molar refractivity (Wildman–Crippen MR) is 95.6 cm³/mol. The first-order chi connectivity index (χ1) is 11.6. The Hall–Kier alpha value is -2.26. The lowest BCUT2D eigenvalue weighted by Gasteiger charge is -2.32. The van der Waals surface area contributed by atoms with Crippen LogP contribution in [0.2, 0.25) is 0 Å². The van der Waals surface area contributed by atoms with Crippen LogP contribution in [0.5, 0.6) is 11.5 Å². The summed E-state index contributed by atoms with van der Waals surface area (Å²) in [5, 5.41) is 3.83. The van der Waals surface area contributed by atoms with Crippen molar-refractivity contribution in [2.24, 2.45) is 10.8 Å². The van der Waals surface area contributed by atoms with Gasteiger partial charge < -0.3 is 24.5 Å². The molecular formula is C16H24BN3O5. The summed E-state index contributed by atoms with van der Waals surface area (Å²) in [6, 6.07) is 2.73. The first-order valence-corrected chi connectivity index (χ1v) is 7.81. The van der Waals surface area contributed by atoms with E-state index in [1.807, 2.05) is 27.7 Å². The van der Waals surface area contributed by atoms with Gasteiger partial charge in [-0.3, -0.25) is 0 Å². The Bertz CT molecular complexity index is 675. The molecule has 3 N–H and O–H groups in total. The molecule has 0 atom stereocenters. The number of ether oxygens (including phenoxy) is 2. The molecule has 1 aliphatic heterocycles. The van der Waals surface area contributed by atoms with Crippen LogP contribution >= 0.6 is 0 Å². The molecule has 0 unspecified atom stereocenters. The summed E-state index contributed by atoms with van der Waals surface area (Å²) in [7, 11) is 2.44. The molecule has 25 heavy (non-hydrogen) atoms. The maximum atomic E-state index is 10.9. The molecule has 1 aromatic carbocycles. The van der Waals surface area contributed by atoms with E-state index >= 15 is 0 Å². The second-order valence-electron chi connectivity index (χ2n) is 6.66. The second-order valence-corrected chi connectivity index (χ2v) is 6.66. The second kappa shape index (κ2) is 6.93. The van der Waals surface area contributed by atoms with Crippen LogP contribution in [0, 0.1) is 0 Å². The summed E-state index contributed by atoms with van der Waals surface area (Å²) >= 11 is 0. The normalized spacial score (nSPS) is 18.4. The summed E-state index contributed by atoms with van der Waals surface area (Å²) in [6.45, 7) is 7.86. The number of carbonyl (C=O) groups excluding carboxylic acids is 1. The quantitative estimate of drug-likeness (QED) is 0.469. The number of hydrogen-bond acceptors (Lipinski definition) is 6. The Morgan fingerprint density at radius 2 is 1.80 bits per heavy atom. The van der Waals surface area contributed by atoms with Crippen LogP contribution in [0.4, 0.5) is 4.79 Å². The lowest BCUT2D eigenvalue weighted by Crippen LogP contribution is -2.41. The molecule has 2 amide bonds. The zero-order chi connectivity index (χ0) is 18.8. The number of hydrazone groups is 1. The Labute approximate surface area is 147 Å². The maximum absolute atomic E-state index is 10.9. The van der Waals surface area contributed by atoms with Crippen molar-refractivity contribution in [2.75, 3.05) is 14.2 Å². The monoisotopic (exact) mass is 349 g/mol. The molecule has 0 aromatic heterocycles. The van der Waals surface area contributed by atoms with Gasteiger partial charge in [-0.1, -0.05) is 0 Å². The van der Waals surface area contributed by atoms with E-state index < -0.39 is 24.4 Å². The van der Waals surface area contributed by atoms with Gasteiger partial charge in [0.05, 0.1) is 31.6 Å². The van der Waals surface area contributed by atoms with Gasteiger partial charge in [0.1, 0.15) is 11.5 Å². The minimum Gasteiger partial charge on any atom is -0.497 e. The van der Waals surface area contributed by atoms with Crippen LogP contribution in [0.15, 0.2) is 17.2 Å². The first kappa shape index (κ1) is 19.1. The van der Waals surface area contributed by atoms with Crippen molar-refractivity contribution in [1.82, 2.24) is 5.43 Å². The molecule has 8 nitrogen and oxygen atoms in total. The maximum Gasteiger partial charge on any atom is 0.495 e. The number of nitrogens with zero attached hydrogens (tertiary/aromatic N) is 1. The van der Waals surface area contributed by atoms with E-state index in [-0.39, 0.29) is 0 Å². The lowest BCUT2D eigenvalue weighted by molar-refractivity contribution is 0.00578. The van der Waals surface area contributed by atoms with E-state index in [0.717, 1.165) is 0 Å². The Morgan fingerprint density at radius 3 is 2.28 bits per heavy atom. The summed E-state index contributed by atoms with van der Waals surface area (Å²) in [5.74, 6) is 1.08. The van der Waals surface area contributed by atoms with Crippen molar-refractivity contribution in [1.29, 1.82) is 0 Å². The molecule has 1 fully saturated rings. The highest BCUT2D eigenvalue weighted by Crippen LogP contribution is 2.37. The van der Waals surface area contributed by atoms with Gasteiger partial charge in [0.25, 0.3) is 0 Å². The summed E-state index contributed by atoms with van der Waals surface area (Å²) < 4.78 is 23.0. The molecule has 2 rings (SSSR count). The van der Waals surface area contributed by atoms with E-state index in [0.29, 0.717) is 22.5 Å². The third-order valence-corrected chi connectivity index (χ3v) is 4.48. The predicted octanol–water partition coefficient (Wildman–Crippen LogP) is 1.01. The average Bonchev–Trinajstić information content (AvgIpc) is 2.74. The Balaban J connectivity index is 2.51. The largest absolute Gasteiger partial charge is 0.497 e. The van der Waals surface area contributed by atoms with Crippen LogP contribution in [-0.2, 0) is 9.31 Å². The third-order valence-electron chi connectivity index (χ3n) is 4.48. The molecule has 0 aliphatic carbocycles. The number of urea groups is 1. The molecule has 1 aliphatic rings. The van der Waals surface area contributed by atoms with Crippen molar-refractivity contribution >= 4 is 24.8 Å². The molecule has 0 radical (unpaired) electrons. The molecule has 1 saturated heterocycles. The van der Waals surface area contributed by atoms with Crippen molar-refractivity contribution in [2.45, 2.75) is 38.9 Å². The van der Waals surface area contributed by atoms with Gasteiger partial charge in [0.15, 0.2) is 0 Å². The summed E-state index contributed by atoms with van der Waals surface area (Å²) in [4.78, 5) is 10.9. The number of rotatable bonds is 5. The minimum absolute atomic E-state index is 0.499. The first-order valence-electron chi connectivity index (χ1n) is 7.81. The standard InChI is InChI=1S/C16H24BN3O5/c1-15(2)16(3,4)25-17(24-15)12-7-10(22-5)8-13(23-6)11(12)9-19-20-14(18)21/h7-9H,1-6H3,(H3,18,20,21). The van der Waals surface area contributed by atoms with Gasteiger partial charge in [-0.2, -0.15) is 5.10 Å². The van der Waals surface area contributed by atoms with Gasteiger partial charge in [0, 0.05) is 11.6 Å². The Morgan fingerprint density at radius 1 is 1.20 bits per heavy atom. The van der Waals surface area contributed by atoms with Crippen LogP contribution in [0.3, 0.4) is 0 Å². The van der Waals surface area contributed by atoms with Gasteiger partial charge in [0.2, 0.25) is 0 Å². The molecule has 0 spiro atoms. The number of benzene rings is 1. The van der Waals surface area contributed by atoms with Crippen molar-refractivity contribution in [3.8, 4) is 11.5 Å². The fourth-order valence-electron chi connectivity index (χ4n) is 2.37. The zero-order valence-electron chi connectivity index (χ0n) is 15.4. The minimum atomic E-state index is -0.763. The number of carbonyl (C=O) groups is 1. The van der Waals surface area contributed by atoms with Gasteiger partial charge in [-0.05, 0) is 39.2 Å². The molecule has 0 saturated carbocycles. The average molecular weight is 349 g/mol. The summed E-state index contributed by atoms with van der Waals surface area (Å²) in [6.07, 6.45) is 1.43. The Kier molecular flexibility index (Phi) is 5.29. The van der Waals surface area contributed by atoms with Gasteiger partial charge in [-0.25, -0.2) is 10.2 Å². The van der Waals surface area contributed by atoms with E-state index in [1.54, 1.807) is 19.2 Å². The van der Waals surface area contributed by atoms with Crippen LogP contribution in [0.1, 0.15) is 33.3 Å². The van der Waals surface area contributed by atoms with Crippen LogP contribution in [0.25, 0.3) is 0 Å². The zero-order valence-corrected chi connectivity index (χ0v) is 15.4. The molecule has 1 heterocycles. The van der Waals surface area contributed by atoms with E-state index in [1.165, 1.54) is 13.3 Å². The molecule has 0 bridgehead atoms. The summed E-state index contributed by atoms with van der Waals surface area (Å²) in [5.41, 5.74) is 7.46. The fourth-order valence-corrected chi connectivity index (χ4v) is 2.37. The number of methoxy groups -OCH3 is 2. The number of hydrogen-bond donors (Lipinski definition) is 2. The highest BCUT2D eigenvalue weighted by molar-refractivity contribution is 6.63. The van der Waals surface area contributed by atoms with Gasteiger partial charge in [-0.15, -0.1) is 0 Å². The molecule has 9 heteroatoms. The molecule has 1 aromatic rings. The third kappa shape index (κ3) is 3.88. The number of nitrogens with one attached hydrogen (secondary N) is 1. The number of primary amides is 1. The SMILES string of the molecule is COc1cc(OC)c(C=NNC(N)=O)c(B2OC(C)(C)C(C)(C)O2)c1. The van der Waals surface area contributed by atoms with E-state index in [2.05, 4.69) is 10.5 Å². The van der Waals surface area contributed by atoms with Crippen molar-refractivity contribution < 1.29 is 23.6 Å². The fraction of sp³-hybridized carbons (Fsp3) is 0.500. The van der Waals surface area contributed by atoms with E-state index in [4.69, 9.17) is 24.5 Å². The number of amides is 2. The van der Waals surface area contributed by atoms with Crippen molar-refractivity contribution in [3.05, 3.63) is 17.7 Å².